The molecule has 41 heavy (non-hydrogen) atoms. The first-order chi connectivity index (χ1) is 19.2. The SMILES string of the molecule is O=C(c1cc(C(F)(F)F)cc(C(F)(F)F)c1)N1CCC2(CC1)C(=O)N(c1cc(Cl)ncn1)CN2c1ccccc1Cl. The molecule has 0 N–H and O–H groups in total. The predicted octanol–water partition coefficient (Wildman–Crippen LogP) is 6.31. The van der Waals surface area contributed by atoms with E-state index in [9.17, 15) is 35.9 Å². The lowest BCUT2D eigenvalue weighted by Gasteiger charge is -2.43. The van der Waals surface area contributed by atoms with Crippen LogP contribution < -0.4 is 9.80 Å². The number of nitrogens with zero attached hydrogens (tertiary/aromatic N) is 5. The minimum Gasteiger partial charge on any atom is -0.338 e. The van der Waals surface area contributed by atoms with Gasteiger partial charge in [0, 0.05) is 24.7 Å². The van der Waals surface area contributed by atoms with Gasteiger partial charge in [0.2, 0.25) is 0 Å². The number of hydrogen-bond donors (Lipinski definition) is 0. The van der Waals surface area contributed by atoms with Crippen molar-refractivity contribution < 1.29 is 35.9 Å². The van der Waals surface area contributed by atoms with Crippen LogP contribution in [0, 0.1) is 0 Å². The molecular formula is C26H19Cl2F6N5O2. The number of piperidine rings is 1. The summed E-state index contributed by atoms with van der Waals surface area (Å²) in [5.41, 5.74) is -4.62. The van der Waals surface area contributed by atoms with Crippen molar-refractivity contribution in [2.24, 2.45) is 0 Å². The lowest BCUT2D eigenvalue weighted by Crippen LogP contribution is -2.57. The highest BCUT2D eigenvalue weighted by atomic mass is 35.5. The number of carbonyl (C=O) groups excluding carboxylic acids is 2. The molecule has 0 atom stereocenters. The number of carbonyl (C=O) groups is 2. The molecule has 15 heteroatoms. The Bertz CT molecular complexity index is 1480. The maximum Gasteiger partial charge on any atom is 0.416 e. The van der Waals surface area contributed by atoms with Crippen LogP contribution in [0.3, 0.4) is 0 Å². The van der Waals surface area contributed by atoms with E-state index in [0.717, 1.165) is 4.90 Å². The zero-order valence-corrected chi connectivity index (χ0v) is 22.3. The van der Waals surface area contributed by atoms with Gasteiger partial charge in [0.15, 0.2) is 0 Å². The number of halogens is 8. The van der Waals surface area contributed by atoms with Gasteiger partial charge in [0.25, 0.3) is 11.8 Å². The molecule has 2 saturated heterocycles. The van der Waals surface area contributed by atoms with Crippen molar-refractivity contribution in [2.45, 2.75) is 30.7 Å². The molecule has 2 aliphatic heterocycles. The van der Waals surface area contributed by atoms with Crippen LogP contribution in [0.15, 0.2) is 54.9 Å². The summed E-state index contributed by atoms with van der Waals surface area (Å²) in [5.74, 6) is -1.16. The van der Waals surface area contributed by atoms with E-state index in [1.165, 1.54) is 17.3 Å². The molecule has 0 saturated carbocycles. The fraction of sp³-hybridized carbons (Fsp3) is 0.308. The number of anilines is 2. The topological polar surface area (TPSA) is 69.6 Å². The molecule has 1 spiro atoms. The molecule has 3 heterocycles. The van der Waals surface area contributed by atoms with Gasteiger partial charge in [-0.15, -0.1) is 0 Å². The van der Waals surface area contributed by atoms with Gasteiger partial charge in [0.1, 0.15) is 29.5 Å². The first-order valence-electron chi connectivity index (χ1n) is 12.1. The zero-order valence-electron chi connectivity index (χ0n) is 20.8. The molecule has 0 radical (unpaired) electrons. The smallest absolute Gasteiger partial charge is 0.338 e. The Morgan fingerprint density at radius 1 is 0.878 bits per heavy atom. The Labute approximate surface area is 239 Å². The first kappa shape index (κ1) is 28.9. The Morgan fingerprint density at radius 3 is 2.05 bits per heavy atom. The molecule has 2 fully saturated rings. The molecule has 0 bridgehead atoms. The molecule has 2 amide bonds. The molecular weight excluding hydrogens is 599 g/mol. The van der Waals surface area contributed by atoms with Crippen molar-refractivity contribution in [1.29, 1.82) is 0 Å². The number of rotatable bonds is 3. The summed E-state index contributed by atoms with van der Waals surface area (Å²) in [6.07, 6.45) is -8.96. The fourth-order valence-corrected chi connectivity index (χ4v) is 5.54. The number of para-hydroxylation sites is 1. The normalized spacial score (nSPS) is 17.5. The van der Waals surface area contributed by atoms with Gasteiger partial charge in [-0.1, -0.05) is 35.3 Å². The quantitative estimate of drug-likeness (QED) is 0.255. The van der Waals surface area contributed by atoms with Crippen molar-refractivity contribution in [3.63, 3.8) is 0 Å². The van der Waals surface area contributed by atoms with E-state index < -0.39 is 40.5 Å². The highest BCUT2D eigenvalue weighted by Crippen LogP contribution is 2.44. The van der Waals surface area contributed by atoms with Crippen LogP contribution in [0.5, 0.6) is 0 Å². The molecule has 2 aromatic carbocycles. The second-order valence-corrected chi connectivity index (χ2v) is 10.4. The van der Waals surface area contributed by atoms with E-state index in [-0.39, 0.29) is 55.5 Å². The molecule has 7 nitrogen and oxygen atoms in total. The van der Waals surface area contributed by atoms with E-state index in [2.05, 4.69) is 9.97 Å². The van der Waals surface area contributed by atoms with Crippen LogP contribution in [0.2, 0.25) is 10.2 Å². The minimum absolute atomic E-state index is 0.0171. The van der Waals surface area contributed by atoms with E-state index in [0.29, 0.717) is 22.8 Å². The van der Waals surface area contributed by atoms with Crippen molar-refractivity contribution in [3.8, 4) is 0 Å². The van der Waals surface area contributed by atoms with Crippen molar-refractivity contribution in [2.75, 3.05) is 29.6 Å². The highest BCUT2D eigenvalue weighted by Gasteiger charge is 2.55. The monoisotopic (exact) mass is 617 g/mol. The molecule has 216 valence electrons. The largest absolute Gasteiger partial charge is 0.416 e. The molecule has 2 aliphatic rings. The molecule has 0 unspecified atom stereocenters. The van der Waals surface area contributed by atoms with E-state index in [1.54, 1.807) is 29.2 Å². The Balaban J connectivity index is 1.47. The summed E-state index contributed by atoms with van der Waals surface area (Å²) in [4.78, 5) is 39.4. The van der Waals surface area contributed by atoms with Gasteiger partial charge < -0.3 is 9.80 Å². The summed E-state index contributed by atoms with van der Waals surface area (Å²) in [5, 5.41) is 0.456. The molecule has 3 aromatic rings. The average Bonchev–Trinajstić information content (AvgIpc) is 3.19. The first-order valence-corrected chi connectivity index (χ1v) is 12.9. The lowest BCUT2D eigenvalue weighted by molar-refractivity contribution is -0.143. The molecule has 0 aliphatic carbocycles. The van der Waals surface area contributed by atoms with Crippen LogP contribution in [0.4, 0.5) is 37.8 Å². The predicted molar refractivity (Wildman–Crippen MR) is 138 cm³/mol. The maximum absolute atomic E-state index is 13.9. The van der Waals surface area contributed by atoms with Crippen LogP contribution in [-0.2, 0) is 17.1 Å². The average molecular weight is 618 g/mol. The minimum atomic E-state index is -5.10. The van der Waals surface area contributed by atoms with Crippen LogP contribution in [-0.4, -0.2) is 52.0 Å². The summed E-state index contributed by atoms with van der Waals surface area (Å²) in [7, 11) is 0. The third-order valence-corrected chi connectivity index (χ3v) is 7.72. The number of hydrogen-bond acceptors (Lipinski definition) is 5. The Kier molecular flexibility index (Phi) is 7.31. The second-order valence-electron chi connectivity index (χ2n) is 9.57. The zero-order chi connectivity index (χ0) is 29.7. The number of amides is 2. The van der Waals surface area contributed by atoms with Crippen molar-refractivity contribution >= 4 is 46.5 Å². The van der Waals surface area contributed by atoms with Crippen LogP contribution in [0.1, 0.15) is 34.3 Å². The van der Waals surface area contributed by atoms with Gasteiger partial charge in [0.05, 0.1) is 21.8 Å². The highest BCUT2D eigenvalue weighted by molar-refractivity contribution is 6.33. The van der Waals surface area contributed by atoms with E-state index in [4.69, 9.17) is 23.2 Å². The van der Waals surface area contributed by atoms with Gasteiger partial charge in [-0.25, -0.2) is 9.97 Å². The van der Waals surface area contributed by atoms with Gasteiger partial charge >= 0.3 is 12.4 Å². The van der Waals surface area contributed by atoms with Crippen molar-refractivity contribution in [3.05, 3.63) is 81.7 Å². The Hall–Kier alpha value is -3.58. The van der Waals surface area contributed by atoms with Gasteiger partial charge in [-0.2, -0.15) is 26.3 Å². The lowest BCUT2D eigenvalue weighted by atomic mass is 9.85. The second kappa shape index (κ2) is 10.4. The number of likely N-dealkylation sites (tertiary alicyclic amines) is 1. The van der Waals surface area contributed by atoms with E-state index in [1.807, 2.05) is 0 Å². The Morgan fingerprint density at radius 2 is 1.49 bits per heavy atom. The summed E-state index contributed by atoms with van der Waals surface area (Å²) in [6, 6.07) is 8.98. The van der Waals surface area contributed by atoms with Gasteiger partial charge in [-0.3, -0.25) is 14.5 Å². The number of alkyl halides is 6. The third-order valence-electron chi connectivity index (χ3n) is 7.19. The summed E-state index contributed by atoms with van der Waals surface area (Å²) < 4.78 is 80.1. The van der Waals surface area contributed by atoms with E-state index >= 15 is 0 Å². The van der Waals surface area contributed by atoms with Crippen LogP contribution >= 0.6 is 23.2 Å². The van der Waals surface area contributed by atoms with Crippen LogP contribution in [0.25, 0.3) is 0 Å². The van der Waals surface area contributed by atoms with Crippen molar-refractivity contribution in [1.82, 2.24) is 14.9 Å². The summed E-state index contributed by atoms with van der Waals surface area (Å²) >= 11 is 12.5. The third kappa shape index (κ3) is 5.40. The fourth-order valence-electron chi connectivity index (χ4n) is 5.16. The molecule has 1 aromatic heterocycles. The number of benzene rings is 2. The molecule has 5 rings (SSSR count). The van der Waals surface area contributed by atoms with Gasteiger partial charge in [-0.05, 0) is 43.2 Å². The number of aromatic nitrogens is 2. The standard InChI is InChI=1S/C26H19Cl2F6N5O2/c27-18-3-1-2-4-19(18)39-14-38(21-12-20(28)35-13-36-21)23(41)24(39)5-7-37(8-6-24)22(40)15-9-16(25(29,30)31)11-17(10-15)26(32,33)34/h1-4,9-13H,5-8,14H2. The maximum atomic E-state index is 13.9. The summed E-state index contributed by atoms with van der Waals surface area (Å²) in [6.45, 7) is -0.227.